The van der Waals surface area contributed by atoms with E-state index >= 15 is 0 Å². The fourth-order valence-electron chi connectivity index (χ4n) is 9.60. The van der Waals surface area contributed by atoms with E-state index in [0.29, 0.717) is 62.5 Å². The topological polar surface area (TPSA) is 178 Å². The second-order valence-corrected chi connectivity index (χ2v) is 17.5. The van der Waals surface area contributed by atoms with Crippen LogP contribution in [-0.2, 0) is 42.9 Å². The molecule has 3 N–H and O–H groups in total. The number of rotatable bonds is 7. The molecule has 2 unspecified atom stereocenters. The van der Waals surface area contributed by atoms with Crippen LogP contribution in [0.2, 0.25) is 0 Å². The Morgan fingerprint density at radius 3 is 2.21 bits per heavy atom. The third-order valence-electron chi connectivity index (χ3n) is 13.0. The summed E-state index contributed by atoms with van der Waals surface area (Å²) in [5.41, 5.74) is 1.31. The molecule has 4 rings (SSSR count). The molecule has 3 fully saturated rings. The number of aliphatic hydroxyl groups excluding tert-OH is 2. The predicted molar refractivity (Wildman–Crippen MR) is 213 cm³/mol. The SMILES string of the molecule is CCCC1=CC(C)C[C@@H](C)C[C@H](OC)[C@H]2O[C@@](O)(C(=O)C(=O)N3CCCCC3C(=O)O[C@H](C(C)=C[C@@H]3CC[C@@H](O)[C@H](OC)C3)[C@H](C)[C@@H](O)CC1=O)[C@H](C)C[C@@H]2OC. The number of ketones is 2. The Kier molecular flexibility index (Phi) is 17.5. The van der Waals surface area contributed by atoms with Crippen LogP contribution in [0.5, 0.6) is 0 Å². The van der Waals surface area contributed by atoms with Crippen LogP contribution in [0.4, 0.5) is 0 Å². The molecule has 324 valence electrons. The molecule has 0 aromatic carbocycles. The highest BCUT2D eigenvalue weighted by atomic mass is 16.7. The van der Waals surface area contributed by atoms with E-state index in [4.69, 9.17) is 23.7 Å². The monoisotopic (exact) mass is 805 g/mol. The Labute approximate surface area is 339 Å². The molecule has 1 saturated carbocycles. The van der Waals surface area contributed by atoms with Crippen LogP contribution in [0, 0.1) is 29.6 Å². The van der Waals surface area contributed by atoms with E-state index in [1.807, 2.05) is 32.9 Å². The van der Waals surface area contributed by atoms with E-state index in [1.54, 1.807) is 21.0 Å². The molecular weight excluding hydrogens is 734 g/mol. The number of nitrogens with zero attached hydrogens (tertiary/aromatic N) is 1. The van der Waals surface area contributed by atoms with Gasteiger partial charge in [-0.25, -0.2) is 4.79 Å². The number of cyclic esters (lactones) is 1. The van der Waals surface area contributed by atoms with Gasteiger partial charge in [-0.3, -0.25) is 14.4 Å². The molecule has 3 heterocycles. The molecule has 0 spiro atoms. The van der Waals surface area contributed by atoms with E-state index < -0.39 is 77.9 Å². The summed E-state index contributed by atoms with van der Waals surface area (Å²) in [6.07, 6.45) is 4.56. The highest BCUT2D eigenvalue weighted by Gasteiger charge is 2.56. The van der Waals surface area contributed by atoms with Gasteiger partial charge in [-0.15, -0.1) is 0 Å². The number of hydrogen-bond donors (Lipinski definition) is 3. The number of carbonyl (C=O) groups excluding carboxylic acids is 4. The highest BCUT2D eigenvalue weighted by Crippen LogP contribution is 2.39. The number of ether oxygens (including phenoxy) is 5. The van der Waals surface area contributed by atoms with Crippen LogP contribution in [0.3, 0.4) is 0 Å². The van der Waals surface area contributed by atoms with E-state index in [2.05, 4.69) is 6.92 Å². The number of carbonyl (C=O) groups is 4. The maximum absolute atomic E-state index is 14.3. The Hall–Kier alpha value is -2.52. The first-order valence-corrected chi connectivity index (χ1v) is 21.3. The van der Waals surface area contributed by atoms with Crippen molar-refractivity contribution in [2.75, 3.05) is 27.9 Å². The lowest BCUT2D eigenvalue weighted by Crippen LogP contribution is -2.64. The summed E-state index contributed by atoms with van der Waals surface area (Å²) in [5, 5.41) is 34.2. The average Bonchev–Trinajstić information content (AvgIpc) is 3.18. The third kappa shape index (κ3) is 11.4. The molecule has 4 aliphatic rings. The largest absolute Gasteiger partial charge is 0.456 e. The second-order valence-electron chi connectivity index (χ2n) is 17.5. The van der Waals surface area contributed by atoms with Crippen molar-refractivity contribution in [1.82, 2.24) is 4.90 Å². The van der Waals surface area contributed by atoms with E-state index in [0.717, 1.165) is 6.42 Å². The van der Waals surface area contributed by atoms with Crippen molar-refractivity contribution >= 4 is 23.4 Å². The lowest BCUT2D eigenvalue weighted by Gasteiger charge is -2.47. The van der Waals surface area contributed by atoms with Gasteiger partial charge in [0.25, 0.3) is 11.7 Å². The fourth-order valence-corrected chi connectivity index (χ4v) is 9.60. The smallest absolute Gasteiger partial charge is 0.329 e. The van der Waals surface area contributed by atoms with Crippen molar-refractivity contribution < 1.29 is 58.2 Å². The van der Waals surface area contributed by atoms with Gasteiger partial charge in [0, 0.05) is 46.1 Å². The second kappa shape index (κ2) is 21.1. The molecule has 57 heavy (non-hydrogen) atoms. The number of hydrogen-bond acceptors (Lipinski definition) is 12. The predicted octanol–water partition coefficient (Wildman–Crippen LogP) is 4.86. The molecule has 2 bridgehead atoms. The van der Waals surface area contributed by atoms with Crippen molar-refractivity contribution in [2.45, 2.75) is 173 Å². The minimum Gasteiger partial charge on any atom is -0.456 e. The van der Waals surface area contributed by atoms with Crippen LogP contribution >= 0.6 is 0 Å². The molecule has 1 amide bonds. The Morgan fingerprint density at radius 1 is 0.895 bits per heavy atom. The summed E-state index contributed by atoms with van der Waals surface area (Å²) in [6.45, 7) is 11.4. The zero-order valence-electron chi connectivity index (χ0n) is 35.8. The molecule has 0 aromatic rings. The van der Waals surface area contributed by atoms with Crippen molar-refractivity contribution in [3.63, 3.8) is 0 Å². The van der Waals surface area contributed by atoms with Gasteiger partial charge in [-0.1, -0.05) is 53.2 Å². The highest BCUT2D eigenvalue weighted by molar-refractivity contribution is 6.39. The minimum absolute atomic E-state index is 0.000944. The van der Waals surface area contributed by atoms with Gasteiger partial charge in [-0.05, 0) is 100 Å². The molecule has 14 atom stereocenters. The summed E-state index contributed by atoms with van der Waals surface area (Å²) in [4.78, 5) is 57.9. The summed E-state index contributed by atoms with van der Waals surface area (Å²) >= 11 is 0. The maximum Gasteiger partial charge on any atom is 0.329 e. The fraction of sp³-hybridized carbons (Fsp3) is 0.818. The zero-order valence-corrected chi connectivity index (χ0v) is 35.8. The standard InChI is InChI=1S/C44H71NO12/c1-10-13-31-19-25(2)18-26(3)20-37(54-8)40-38(55-9)22-28(5)44(52,57-40)41(49)42(50)45-17-12-11-14-32(45)43(51)56-39(29(6)34(47)24-35(31)48)27(4)21-30-15-16-33(46)36(23-30)53-7/h19,21,25-26,28-30,32-34,36-40,46-47,52H,10-18,20,22-24H2,1-9H3/t25?,26-,28-,29-,30+,32?,33-,34+,36-,37+,38+,39-,40-,44-/m1/s1. The number of amides is 1. The number of esters is 1. The van der Waals surface area contributed by atoms with Crippen molar-refractivity contribution in [3.05, 3.63) is 23.3 Å². The van der Waals surface area contributed by atoms with Gasteiger partial charge < -0.3 is 43.9 Å². The number of methoxy groups -OCH3 is 3. The first-order chi connectivity index (χ1) is 27.0. The molecular formula is C44H71NO12. The summed E-state index contributed by atoms with van der Waals surface area (Å²) < 4.78 is 29.8. The van der Waals surface area contributed by atoms with Gasteiger partial charge in [0.1, 0.15) is 18.2 Å². The van der Waals surface area contributed by atoms with Crippen molar-refractivity contribution in [1.29, 1.82) is 0 Å². The first-order valence-electron chi connectivity index (χ1n) is 21.3. The number of aliphatic hydroxyl groups is 3. The molecule has 13 nitrogen and oxygen atoms in total. The lowest BCUT2D eigenvalue weighted by atomic mass is 9.81. The van der Waals surface area contributed by atoms with E-state index in [9.17, 15) is 34.5 Å². The quantitative estimate of drug-likeness (QED) is 0.181. The van der Waals surface area contributed by atoms with Crippen LogP contribution < -0.4 is 0 Å². The third-order valence-corrected chi connectivity index (χ3v) is 13.0. The van der Waals surface area contributed by atoms with E-state index in [1.165, 1.54) is 19.1 Å². The van der Waals surface area contributed by atoms with Gasteiger partial charge in [0.2, 0.25) is 5.79 Å². The number of allylic oxidation sites excluding steroid dienone is 3. The zero-order chi connectivity index (χ0) is 42.2. The Morgan fingerprint density at radius 2 is 1.56 bits per heavy atom. The van der Waals surface area contributed by atoms with Gasteiger partial charge in [0.05, 0.1) is 30.5 Å². The molecule has 0 aromatic heterocycles. The van der Waals surface area contributed by atoms with Crippen molar-refractivity contribution in [3.8, 4) is 0 Å². The van der Waals surface area contributed by atoms with Crippen LogP contribution in [0.15, 0.2) is 23.3 Å². The summed E-state index contributed by atoms with van der Waals surface area (Å²) in [7, 11) is 4.64. The lowest BCUT2D eigenvalue weighted by molar-refractivity contribution is -0.302. The van der Waals surface area contributed by atoms with Gasteiger partial charge in [0.15, 0.2) is 5.78 Å². The Bertz CT molecular complexity index is 1450. The van der Waals surface area contributed by atoms with Gasteiger partial charge in [-0.2, -0.15) is 0 Å². The normalized spacial score (nSPS) is 40.1. The molecule has 3 aliphatic heterocycles. The number of piperidine rings is 1. The van der Waals surface area contributed by atoms with Crippen LogP contribution in [0.1, 0.15) is 119 Å². The molecule has 2 saturated heterocycles. The summed E-state index contributed by atoms with van der Waals surface area (Å²) in [6, 6.07) is -1.13. The number of Topliss-reactive ketones (excluding diaryl/α,β-unsaturated/α-hetero) is 2. The van der Waals surface area contributed by atoms with Crippen LogP contribution in [-0.4, -0.2) is 126 Å². The van der Waals surface area contributed by atoms with Crippen LogP contribution in [0.25, 0.3) is 0 Å². The van der Waals surface area contributed by atoms with Crippen molar-refractivity contribution in [2.24, 2.45) is 29.6 Å². The van der Waals surface area contributed by atoms with Gasteiger partial charge >= 0.3 is 5.97 Å². The molecule has 1 aliphatic carbocycles. The number of fused-ring (bicyclic) bond motifs is 3. The van der Waals surface area contributed by atoms with E-state index in [-0.39, 0.29) is 55.4 Å². The first kappa shape index (κ1) is 47.2. The maximum atomic E-state index is 14.3. The Balaban J connectivity index is 1.78. The molecule has 0 radical (unpaired) electrons. The molecule has 13 heteroatoms. The summed E-state index contributed by atoms with van der Waals surface area (Å²) in [5.74, 6) is -7.09. The minimum atomic E-state index is -2.50. The average molecular weight is 806 g/mol.